The summed E-state index contributed by atoms with van der Waals surface area (Å²) in [6.07, 6.45) is 3.84. The molecule has 0 amide bonds. The van der Waals surface area contributed by atoms with Crippen molar-refractivity contribution in [2.24, 2.45) is 0 Å². The van der Waals surface area contributed by atoms with Gasteiger partial charge < -0.3 is 14.4 Å². The van der Waals surface area contributed by atoms with Crippen molar-refractivity contribution in [3.05, 3.63) is 53.6 Å². The van der Waals surface area contributed by atoms with E-state index < -0.39 is 0 Å². The molecule has 0 fully saturated rings. The smallest absolute Gasteiger partial charge is 0.160 e. The number of methoxy groups -OCH3 is 2. The number of fused-ring (bicyclic) bond motifs is 1. The highest BCUT2D eigenvalue weighted by Gasteiger charge is 2.36. The van der Waals surface area contributed by atoms with Crippen LogP contribution in [0.15, 0.2) is 47.4 Å². The predicted molar refractivity (Wildman–Crippen MR) is 119 cm³/mol. The van der Waals surface area contributed by atoms with Crippen LogP contribution in [-0.2, 0) is 11.8 Å². The highest BCUT2D eigenvalue weighted by molar-refractivity contribution is 7.99. The zero-order chi connectivity index (χ0) is 20.7. The molecule has 1 heterocycles. The van der Waals surface area contributed by atoms with Gasteiger partial charge >= 0.3 is 0 Å². The molecule has 0 saturated carbocycles. The molecular formula is C24H30N2O2S. The molecule has 1 aliphatic rings. The molecule has 0 N–H and O–H groups in total. The largest absolute Gasteiger partial charge is 0.493 e. The second kappa shape index (κ2) is 10.0. The van der Waals surface area contributed by atoms with E-state index in [1.165, 1.54) is 16.0 Å². The second-order valence-electron chi connectivity index (χ2n) is 7.63. The van der Waals surface area contributed by atoms with E-state index in [2.05, 4.69) is 48.3 Å². The Labute approximate surface area is 178 Å². The van der Waals surface area contributed by atoms with Gasteiger partial charge in [-0.25, -0.2) is 0 Å². The molecule has 0 spiro atoms. The summed E-state index contributed by atoms with van der Waals surface area (Å²) in [6, 6.07) is 17.2. The van der Waals surface area contributed by atoms with Crippen molar-refractivity contribution in [3.8, 4) is 17.6 Å². The number of benzene rings is 2. The number of ether oxygens (including phenoxy) is 2. The maximum atomic E-state index is 10.0. The number of thioether (sulfide) groups is 1. The fourth-order valence-corrected chi connectivity index (χ4v) is 5.27. The fourth-order valence-electron chi connectivity index (χ4n) is 4.01. The van der Waals surface area contributed by atoms with Gasteiger partial charge in [-0.1, -0.05) is 24.3 Å². The highest BCUT2D eigenvalue weighted by Crippen LogP contribution is 2.44. The Bertz CT molecular complexity index is 864. The van der Waals surface area contributed by atoms with Crippen LogP contribution in [0.2, 0.25) is 0 Å². The van der Waals surface area contributed by atoms with Crippen LogP contribution < -0.4 is 9.47 Å². The van der Waals surface area contributed by atoms with Crippen molar-refractivity contribution in [2.45, 2.75) is 36.0 Å². The number of hydrogen-bond donors (Lipinski definition) is 0. The quantitative estimate of drug-likeness (QED) is 0.587. The first-order valence-corrected chi connectivity index (χ1v) is 11.1. The van der Waals surface area contributed by atoms with Gasteiger partial charge in [0.1, 0.15) is 0 Å². The summed E-state index contributed by atoms with van der Waals surface area (Å²) in [6.45, 7) is 1.97. The third-order valence-corrected chi connectivity index (χ3v) is 6.85. The van der Waals surface area contributed by atoms with Gasteiger partial charge in [-0.05, 0) is 74.4 Å². The van der Waals surface area contributed by atoms with Crippen LogP contribution in [0.5, 0.6) is 11.5 Å². The Hall–Kier alpha value is -2.16. The number of hydrogen-bond acceptors (Lipinski definition) is 5. The third kappa shape index (κ3) is 5.07. The van der Waals surface area contributed by atoms with Crippen LogP contribution in [-0.4, -0.2) is 45.0 Å². The highest BCUT2D eigenvalue weighted by atomic mass is 32.2. The van der Waals surface area contributed by atoms with Crippen molar-refractivity contribution in [1.29, 1.82) is 5.26 Å². The Kier molecular flexibility index (Phi) is 7.46. The summed E-state index contributed by atoms with van der Waals surface area (Å²) in [7, 11) is 5.48. The van der Waals surface area contributed by atoms with E-state index in [1.54, 1.807) is 14.2 Å². The lowest BCUT2D eigenvalue weighted by Crippen LogP contribution is -2.31. The van der Waals surface area contributed by atoms with Gasteiger partial charge in [-0.2, -0.15) is 5.26 Å². The first-order chi connectivity index (χ1) is 14.1. The van der Waals surface area contributed by atoms with E-state index >= 15 is 0 Å². The minimum absolute atomic E-state index is 0.327. The lowest BCUT2D eigenvalue weighted by Gasteiger charge is -2.33. The zero-order valence-corrected chi connectivity index (χ0v) is 18.4. The Morgan fingerprint density at radius 3 is 2.66 bits per heavy atom. The standard InChI is InChI=1S/C24H30N2O2S/c1-26(15-11-19-9-10-21(27-2)22(17-19)28-3)14-6-12-24(18-25)13-16-29-23-8-5-4-7-20(23)24/h4-5,7-10,17H,6,11-16H2,1-3H3/t24-/m0/s1. The minimum atomic E-state index is -0.327. The molecule has 5 heteroatoms. The van der Waals surface area contributed by atoms with Gasteiger partial charge in [0.15, 0.2) is 11.5 Å². The average Bonchev–Trinajstić information content (AvgIpc) is 2.77. The number of rotatable bonds is 9. The van der Waals surface area contributed by atoms with Gasteiger partial charge in [-0.15, -0.1) is 11.8 Å². The lowest BCUT2D eigenvalue weighted by atomic mass is 9.75. The minimum Gasteiger partial charge on any atom is -0.493 e. The van der Waals surface area contributed by atoms with Crippen molar-refractivity contribution in [3.63, 3.8) is 0 Å². The number of nitriles is 1. The van der Waals surface area contributed by atoms with Crippen LogP contribution >= 0.6 is 11.8 Å². The molecule has 3 rings (SSSR count). The van der Waals surface area contributed by atoms with E-state index in [-0.39, 0.29) is 5.41 Å². The molecule has 2 aromatic rings. The van der Waals surface area contributed by atoms with Crippen LogP contribution in [0.4, 0.5) is 0 Å². The number of likely N-dealkylation sites (N-methyl/N-ethyl adjacent to an activating group) is 1. The predicted octanol–water partition coefficient (Wildman–Crippen LogP) is 4.92. The van der Waals surface area contributed by atoms with Gasteiger partial charge in [-0.3, -0.25) is 0 Å². The normalized spacial score (nSPS) is 18.2. The van der Waals surface area contributed by atoms with Gasteiger partial charge in [0, 0.05) is 11.4 Å². The van der Waals surface area contributed by atoms with E-state index in [0.29, 0.717) is 0 Å². The monoisotopic (exact) mass is 410 g/mol. The van der Waals surface area contributed by atoms with Crippen molar-refractivity contribution >= 4 is 11.8 Å². The molecule has 1 aliphatic heterocycles. The van der Waals surface area contributed by atoms with E-state index in [0.717, 1.165) is 56.0 Å². The second-order valence-corrected chi connectivity index (χ2v) is 8.77. The third-order valence-electron chi connectivity index (χ3n) is 5.78. The Morgan fingerprint density at radius 2 is 1.90 bits per heavy atom. The van der Waals surface area contributed by atoms with Gasteiger partial charge in [0.2, 0.25) is 0 Å². The van der Waals surface area contributed by atoms with E-state index in [1.807, 2.05) is 23.9 Å². The van der Waals surface area contributed by atoms with Crippen LogP contribution in [0.3, 0.4) is 0 Å². The first kappa shape index (κ1) is 21.5. The van der Waals surface area contributed by atoms with Crippen LogP contribution in [0, 0.1) is 11.3 Å². The molecule has 29 heavy (non-hydrogen) atoms. The first-order valence-electron chi connectivity index (χ1n) is 10.1. The molecule has 0 aliphatic carbocycles. The molecule has 4 nitrogen and oxygen atoms in total. The molecule has 0 unspecified atom stereocenters. The van der Waals surface area contributed by atoms with E-state index in [4.69, 9.17) is 9.47 Å². The van der Waals surface area contributed by atoms with Crippen molar-refractivity contribution < 1.29 is 9.47 Å². The van der Waals surface area contributed by atoms with Crippen LogP contribution in [0.1, 0.15) is 30.4 Å². The van der Waals surface area contributed by atoms with Crippen molar-refractivity contribution in [2.75, 3.05) is 40.1 Å². The summed E-state index contributed by atoms with van der Waals surface area (Å²) in [4.78, 5) is 3.63. The lowest BCUT2D eigenvalue weighted by molar-refractivity contribution is 0.313. The van der Waals surface area contributed by atoms with Gasteiger partial charge in [0.05, 0.1) is 25.7 Å². The fraction of sp³-hybridized carbons (Fsp3) is 0.458. The molecule has 0 radical (unpaired) electrons. The summed E-state index contributed by atoms with van der Waals surface area (Å²) in [5, 5.41) is 10.0. The van der Waals surface area contributed by atoms with Crippen LogP contribution in [0.25, 0.3) is 0 Å². The summed E-state index contributed by atoms with van der Waals surface area (Å²) in [5.41, 5.74) is 2.14. The molecule has 0 saturated heterocycles. The SMILES string of the molecule is COc1ccc(CCN(C)CCC[C@@]2(C#N)CCSc3ccccc32)cc1OC. The zero-order valence-electron chi connectivity index (χ0n) is 17.6. The van der Waals surface area contributed by atoms with Gasteiger partial charge in [0.25, 0.3) is 0 Å². The summed E-state index contributed by atoms with van der Waals surface area (Å²) < 4.78 is 10.7. The number of nitrogens with zero attached hydrogens (tertiary/aromatic N) is 2. The molecule has 1 atom stereocenters. The Morgan fingerprint density at radius 1 is 1.10 bits per heavy atom. The van der Waals surface area contributed by atoms with Crippen molar-refractivity contribution in [1.82, 2.24) is 4.90 Å². The molecule has 2 aromatic carbocycles. The topological polar surface area (TPSA) is 45.5 Å². The molecule has 0 aromatic heterocycles. The maximum Gasteiger partial charge on any atom is 0.160 e. The molecular weight excluding hydrogens is 380 g/mol. The Balaban J connectivity index is 1.53. The van der Waals surface area contributed by atoms with E-state index in [9.17, 15) is 5.26 Å². The summed E-state index contributed by atoms with van der Waals surface area (Å²) in [5.74, 6) is 2.56. The average molecular weight is 411 g/mol. The summed E-state index contributed by atoms with van der Waals surface area (Å²) >= 11 is 1.88. The molecule has 0 bridgehead atoms. The maximum absolute atomic E-state index is 10.0. The molecule has 154 valence electrons.